The maximum Gasteiger partial charge on any atom is 0.256 e. The highest BCUT2D eigenvalue weighted by Crippen LogP contribution is 2.20. The summed E-state index contributed by atoms with van der Waals surface area (Å²) in [4.78, 5) is 16.4. The summed E-state index contributed by atoms with van der Waals surface area (Å²) in [7, 11) is 0. The van der Waals surface area contributed by atoms with Gasteiger partial charge in [0.15, 0.2) is 5.65 Å². The van der Waals surface area contributed by atoms with Crippen molar-refractivity contribution in [3.63, 3.8) is 0 Å². The number of aliphatic hydroxyl groups is 1. The van der Waals surface area contributed by atoms with Gasteiger partial charge in [0.05, 0.1) is 11.9 Å². The van der Waals surface area contributed by atoms with Crippen molar-refractivity contribution in [2.45, 2.75) is 6.42 Å². The zero-order chi connectivity index (χ0) is 15.4. The molecule has 3 rings (SSSR count). The molecular weight excluding hydrogens is 280 g/mol. The predicted octanol–water partition coefficient (Wildman–Crippen LogP) is 1.51. The first kappa shape index (κ1) is 14.2. The first-order valence-electron chi connectivity index (χ1n) is 7.08. The van der Waals surface area contributed by atoms with Crippen LogP contribution in [0.3, 0.4) is 0 Å². The van der Waals surface area contributed by atoms with E-state index < -0.39 is 0 Å². The number of rotatable bonds is 5. The van der Waals surface area contributed by atoms with E-state index in [1.807, 2.05) is 36.4 Å². The Hall–Kier alpha value is -2.73. The van der Waals surface area contributed by atoms with Crippen molar-refractivity contribution in [2.75, 3.05) is 13.2 Å². The summed E-state index contributed by atoms with van der Waals surface area (Å²) in [6.45, 7) is 0.469. The van der Waals surface area contributed by atoms with Crippen LogP contribution in [0.4, 0.5) is 0 Å². The van der Waals surface area contributed by atoms with Crippen molar-refractivity contribution in [1.29, 1.82) is 0 Å². The summed E-state index contributed by atoms with van der Waals surface area (Å²) in [6.07, 6.45) is 3.71. The molecule has 0 saturated carbocycles. The summed E-state index contributed by atoms with van der Waals surface area (Å²) in [5.41, 5.74) is 2.82. The van der Waals surface area contributed by atoms with E-state index in [1.165, 1.54) is 6.20 Å². The van der Waals surface area contributed by atoms with Gasteiger partial charge in [-0.1, -0.05) is 30.3 Å². The number of hydrogen-bond donors (Lipinski definition) is 2. The molecule has 2 aromatic heterocycles. The standard InChI is InChI=1S/C16H16N4O2/c21-10-4-8-18-16(22)13-11-19-20-14(7-9-17-15(13)20)12-5-2-1-3-6-12/h1-3,5-7,9,11,21H,4,8,10H2,(H,18,22). The van der Waals surface area contributed by atoms with E-state index >= 15 is 0 Å². The van der Waals surface area contributed by atoms with Crippen LogP contribution in [0.15, 0.2) is 48.8 Å². The molecule has 2 heterocycles. The number of amides is 1. The molecule has 0 saturated heterocycles. The lowest BCUT2D eigenvalue weighted by Crippen LogP contribution is -2.25. The van der Waals surface area contributed by atoms with Gasteiger partial charge in [-0.3, -0.25) is 4.79 Å². The van der Waals surface area contributed by atoms with Gasteiger partial charge >= 0.3 is 0 Å². The number of carbonyl (C=O) groups is 1. The number of fused-ring (bicyclic) bond motifs is 1. The molecule has 22 heavy (non-hydrogen) atoms. The fraction of sp³-hybridized carbons (Fsp3) is 0.188. The molecule has 2 N–H and O–H groups in total. The Morgan fingerprint density at radius 1 is 1.23 bits per heavy atom. The van der Waals surface area contributed by atoms with E-state index in [9.17, 15) is 4.79 Å². The molecule has 1 amide bonds. The summed E-state index contributed by atoms with van der Waals surface area (Å²) < 4.78 is 1.66. The molecule has 0 aliphatic heterocycles. The van der Waals surface area contributed by atoms with Crippen LogP contribution in [0.2, 0.25) is 0 Å². The molecule has 0 spiro atoms. The number of aromatic nitrogens is 3. The minimum Gasteiger partial charge on any atom is -0.396 e. The predicted molar refractivity (Wildman–Crippen MR) is 82.5 cm³/mol. The molecule has 0 aliphatic carbocycles. The SMILES string of the molecule is O=C(NCCCO)c1cnn2c(-c3ccccc3)ccnc12. The van der Waals surface area contributed by atoms with E-state index in [0.717, 1.165) is 11.3 Å². The molecule has 6 nitrogen and oxygen atoms in total. The van der Waals surface area contributed by atoms with Crippen LogP contribution in [-0.2, 0) is 0 Å². The van der Waals surface area contributed by atoms with Crippen molar-refractivity contribution in [2.24, 2.45) is 0 Å². The van der Waals surface area contributed by atoms with E-state index in [1.54, 1.807) is 10.7 Å². The number of hydrogen-bond acceptors (Lipinski definition) is 4. The Morgan fingerprint density at radius 2 is 2.05 bits per heavy atom. The summed E-state index contributed by atoms with van der Waals surface area (Å²) in [5.74, 6) is -0.235. The molecule has 0 radical (unpaired) electrons. The van der Waals surface area contributed by atoms with Crippen molar-refractivity contribution in [1.82, 2.24) is 19.9 Å². The average Bonchev–Trinajstić information content (AvgIpc) is 3.00. The van der Waals surface area contributed by atoms with Gasteiger partial charge < -0.3 is 10.4 Å². The normalized spacial score (nSPS) is 10.8. The number of carbonyl (C=O) groups excluding carboxylic acids is 1. The lowest BCUT2D eigenvalue weighted by molar-refractivity contribution is 0.0952. The van der Waals surface area contributed by atoms with Crippen molar-refractivity contribution in [3.05, 3.63) is 54.4 Å². The van der Waals surface area contributed by atoms with E-state index in [-0.39, 0.29) is 12.5 Å². The molecule has 0 atom stereocenters. The number of aliphatic hydroxyl groups excluding tert-OH is 1. The van der Waals surface area contributed by atoms with Gasteiger partial charge in [-0.15, -0.1) is 0 Å². The fourth-order valence-electron chi connectivity index (χ4n) is 2.26. The topological polar surface area (TPSA) is 79.5 Å². The highest BCUT2D eigenvalue weighted by atomic mass is 16.3. The molecule has 0 aliphatic rings. The van der Waals surface area contributed by atoms with E-state index in [2.05, 4.69) is 15.4 Å². The van der Waals surface area contributed by atoms with Gasteiger partial charge in [-0.05, 0) is 12.5 Å². The number of benzene rings is 1. The first-order chi connectivity index (χ1) is 10.8. The lowest BCUT2D eigenvalue weighted by atomic mass is 10.1. The van der Waals surface area contributed by atoms with Crippen LogP contribution in [0.25, 0.3) is 16.9 Å². The van der Waals surface area contributed by atoms with Crippen molar-refractivity contribution in [3.8, 4) is 11.3 Å². The van der Waals surface area contributed by atoms with Crippen LogP contribution >= 0.6 is 0 Å². The summed E-state index contributed by atoms with van der Waals surface area (Å²) in [6, 6.07) is 11.7. The fourth-order valence-corrected chi connectivity index (χ4v) is 2.26. The molecule has 3 aromatic rings. The van der Waals surface area contributed by atoms with E-state index in [4.69, 9.17) is 5.11 Å². The van der Waals surface area contributed by atoms with Crippen LogP contribution in [0.1, 0.15) is 16.8 Å². The molecule has 0 unspecified atom stereocenters. The van der Waals surface area contributed by atoms with Crippen LogP contribution in [0.5, 0.6) is 0 Å². The molecule has 1 aromatic carbocycles. The Labute approximate surface area is 127 Å². The lowest BCUT2D eigenvalue weighted by Gasteiger charge is -2.05. The van der Waals surface area contributed by atoms with Crippen molar-refractivity contribution >= 4 is 11.6 Å². The molecule has 6 heteroatoms. The molecular formula is C16H16N4O2. The zero-order valence-electron chi connectivity index (χ0n) is 11.9. The van der Waals surface area contributed by atoms with Gasteiger partial charge in [0.1, 0.15) is 5.56 Å². The average molecular weight is 296 g/mol. The third kappa shape index (κ3) is 2.68. The maximum atomic E-state index is 12.2. The summed E-state index contributed by atoms with van der Waals surface area (Å²) >= 11 is 0. The third-order valence-corrected chi connectivity index (χ3v) is 3.34. The van der Waals surface area contributed by atoms with Crippen LogP contribution < -0.4 is 5.32 Å². The minimum absolute atomic E-state index is 0.0471. The smallest absolute Gasteiger partial charge is 0.256 e. The summed E-state index contributed by atoms with van der Waals surface area (Å²) in [5, 5.41) is 15.8. The first-order valence-corrected chi connectivity index (χ1v) is 7.08. The van der Waals surface area contributed by atoms with Crippen LogP contribution in [0, 0.1) is 0 Å². The largest absolute Gasteiger partial charge is 0.396 e. The zero-order valence-corrected chi connectivity index (χ0v) is 11.9. The monoisotopic (exact) mass is 296 g/mol. The Morgan fingerprint density at radius 3 is 2.82 bits per heavy atom. The second-order valence-corrected chi connectivity index (χ2v) is 4.82. The Bertz CT molecular complexity index is 783. The Balaban J connectivity index is 1.97. The van der Waals surface area contributed by atoms with Gasteiger partial charge in [0.25, 0.3) is 5.91 Å². The Kier molecular flexibility index (Phi) is 4.11. The molecule has 0 fully saturated rings. The molecule has 112 valence electrons. The van der Waals surface area contributed by atoms with Crippen molar-refractivity contribution < 1.29 is 9.90 Å². The molecule has 0 bridgehead atoms. The van der Waals surface area contributed by atoms with Crippen LogP contribution in [-0.4, -0.2) is 38.8 Å². The van der Waals surface area contributed by atoms with Gasteiger partial charge in [-0.25, -0.2) is 9.50 Å². The third-order valence-electron chi connectivity index (χ3n) is 3.34. The second kappa shape index (κ2) is 6.36. The van der Waals surface area contributed by atoms with Gasteiger partial charge in [-0.2, -0.15) is 5.10 Å². The highest BCUT2D eigenvalue weighted by Gasteiger charge is 2.15. The highest BCUT2D eigenvalue weighted by molar-refractivity contribution is 5.99. The van der Waals surface area contributed by atoms with Gasteiger partial charge in [0, 0.05) is 24.9 Å². The number of nitrogens with zero attached hydrogens (tertiary/aromatic N) is 3. The quantitative estimate of drug-likeness (QED) is 0.699. The maximum absolute atomic E-state index is 12.2. The number of nitrogens with one attached hydrogen (secondary N) is 1. The minimum atomic E-state index is -0.235. The van der Waals surface area contributed by atoms with E-state index in [0.29, 0.717) is 24.2 Å². The second-order valence-electron chi connectivity index (χ2n) is 4.82. The van der Waals surface area contributed by atoms with Gasteiger partial charge in [0.2, 0.25) is 0 Å².